The third kappa shape index (κ3) is 2.94. The Labute approximate surface area is 107 Å². The Morgan fingerprint density at radius 3 is 2.56 bits per heavy atom. The van der Waals surface area contributed by atoms with E-state index in [1.54, 1.807) is 24.5 Å². The Hall–Kier alpha value is -2.16. The molecule has 0 atom stereocenters. The number of hydrogen-bond donors (Lipinski definition) is 0. The molecular weight excluding hydrogens is 224 g/mol. The molecule has 1 aromatic heterocycles. The Kier molecular flexibility index (Phi) is 3.72. The van der Waals surface area contributed by atoms with Crippen LogP contribution in [-0.4, -0.2) is 15.7 Å². The third-order valence-electron chi connectivity index (χ3n) is 2.75. The summed E-state index contributed by atoms with van der Waals surface area (Å²) in [5.41, 5.74) is 2.31. The van der Waals surface area contributed by atoms with Gasteiger partial charge in [-0.15, -0.1) is 0 Å². The van der Waals surface area contributed by atoms with Crippen LogP contribution in [0.1, 0.15) is 35.7 Å². The van der Waals surface area contributed by atoms with Gasteiger partial charge in [0.15, 0.2) is 0 Å². The van der Waals surface area contributed by atoms with Gasteiger partial charge in [-0.2, -0.15) is 5.10 Å². The zero-order valence-electron chi connectivity index (χ0n) is 10.6. The van der Waals surface area contributed by atoms with Crippen LogP contribution in [0, 0.1) is 0 Å². The molecule has 0 unspecified atom stereocenters. The fourth-order valence-electron chi connectivity index (χ4n) is 1.64. The zero-order valence-corrected chi connectivity index (χ0v) is 10.6. The highest BCUT2D eigenvalue weighted by Gasteiger charge is 2.00. The van der Waals surface area contributed by atoms with Crippen LogP contribution in [-0.2, 0) is 0 Å². The number of allylic oxidation sites excluding steroid dienone is 1. The Bertz CT molecular complexity index is 536. The van der Waals surface area contributed by atoms with Crippen molar-refractivity contribution in [1.82, 2.24) is 9.78 Å². The minimum Gasteiger partial charge on any atom is -0.267 e. The molecule has 0 aliphatic heterocycles. The van der Waals surface area contributed by atoms with Crippen molar-refractivity contribution in [3.8, 4) is 0 Å². The minimum absolute atomic E-state index is 0.145. The number of nitrogens with zero attached hydrogens (tertiary/aromatic N) is 2. The molecule has 0 fully saturated rings. The standard InChI is InChI=1S/C15H16N2O/c1-12(2)14-7-4-13(5-8-14)6-9-15(18)17-11-3-10-16-17/h3-12H,1-2H3/b9-6+. The molecule has 0 spiro atoms. The van der Waals surface area contributed by atoms with E-state index in [4.69, 9.17) is 0 Å². The molecule has 92 valence electrons. The zero-order chi connectivity index (χ0) is 13.0. The quantitative estimate of drug-likeness (QED) is 0.771. The molecule has 1 heterocycles. The van der Waals surface area contributed by atoms with Gasteiger partial charge in [-0.1, -0.05) is 38.1 Å². The number of benzene rings is 1. The highest BCUT2D eigenvalue weighted by Crippen LogP contribution is 2.15. The first kappa shape index (κ1) is 12.3. The molecule has 0 saturated carbocycles. The second-order valence-corrected chi connectivity index (χ2v) is 4.44. The van der Waals surface area contributed by atoms with Gasteiger partial charge in [0.1, 0.15) is 0 Å². The van der Waals surface area contributed by atoms with Crippen molar-refractivity contribution in [1.29, 1.82) is 0 Å². The van der Waals surface area contributed by atoms with Crippen molar-refractivity contribution in [2.24, 2.45) is 0 Å². The first-order valence-electron chi connectivity index (χ1n) is 5.99. The Morgan fingerprint density at radius 2 is 2.00 bits per heavy atom. The van der Waals surface area contributed by atoms with E-state index in [2.05, 4.69) is 31.1 Å². The summed E-state index contributed by atoms with van der Waals surface area (Å²) in [7, 11) is 0. The summed E-state index contributed by atoms with van der Waals surface area (Å²) in [6.07, 6.45) is 6.54. The van der Waals surface area contributed by atoms with E-state index in [1.165, 1.54) is 16.3 Å². The number of rotatable bonds is 3. The van der Waals surface area contributed by atoms with Gasteiger partial charge in [0.2, 0.25) is 0 Å². The topological polar surface area (TPSA) is 34.9 Å². The maximum atomic E-state index is 11.7. The Balaban J connectivity index is 2.07. The smallest absolute Gasteiger partial charge is 0.267 e. The van der Waals surface area contributed by atoms with Gasteiger partial charge in [0.25, 0.3) is 5.91 Å². The SMILES string of the molecule is CC(C)c1ccc(/C=C/C(=O)n2cccn2)cc1. The molecule has 18 heavy (non-hydrogen) atoms. The molecular formula is C15H16N2O. The molecule has 0 amide bonds. The molecule has 0 aliphatic carbocycles. The molecule has 3 nitrogen and oxygen atoms in total. The molecule has 2 aromatic rings. The average molecular weight is 240 g/mol. The minimum atomic E-state index is -0.145. The predicted octanol–water partition coefficient (Wildman–Crippen LogP) is 3.36. The monoisotopic (exact) mass is 240 g/mol. The molecule has 3 heteroatoms. The number of hydrogen-bond acceptors (Lipinski definition) is 2. The summed E-state index contributed by atoms with van der Waals surface area (Å²) in [5.74, 6) is 0.377. The highest BCUT2D eigenvalue weighted by atomic mass is 16.2. The summed E-state index contributed by atoms with van der Waals surface area (Å²) in [6.45, 7) is 4.32. The van der Waals surface area contributed by atoms with Crippen molar-refractivity contribution in [3.63, 3.8) is 0 Å². The van der Waals surface area contributed by atoms with Gasteiger partial charge in [-0.3, -0.25) is 4.79 Å². The van der Waals surface area contributed by atoms with Gasteiger partial charge in [-0.05, 0) is 29.2 Å². The van der Waals surface area contributed by atoms with Crippen LogP contribution >= 0.6 is 0 Å². The average Bonchev–Trinajstić information content (AvgIpc) is 2.90. The number of carbonyl (C=O) groups excluding carboxylic acids is 1. The van der Waals surface area contributed by atoms with Crippen molar-refractivity contribution < 1.29 is 4.79 Å². The molecule has 0 N–H and O–H groups in total. The van der Waals surface area contributed by atoms with Gasteiger partial charge < -0.3 is 0 Å². The summed E-state index contributed by atoms with van der Waals surface area (Å²) in [5, 5.41) is 3.88. The fourth-order valence-corrected chi connectivity index (χ4v) is 1.64. The lowest BCUT2D eigenvalue weighted by molar-refractivity contribution is 0.0955. The maximum Gasteiger partial charge on any atom is 0.270 e. The summed E-state index contributed by atoms with van der Waals surface area (Å²) in [6, 6.07) is 9.93. The van der Waals surface area contributed by atoms with E-state index in [9.17, 15) is 4.79 Å². The van der Waals surface area contributed by atoms with Gasteiger partial charge in [0, 0.05) is 18.5 Å². The largest absolute Gasteiger partial charge is 0.270 e. The van der Waals surface area contributed by atoms with Crippen molar-refractivity contribution in [2.75, 3.05) is 0 Å². The van der Waals surface area contributed by atoms with E-state index < -0.39 is 0 Å². The van der Waals surface area contributed by atoms with Crippen LogP contribution in [0.3, 0.4) is 0 Å². The summed E-state index contributed by atoms with van der Waals surface area (Å²) >= 11 is 0. The predicted molar refractivity (Wildman–Crippen MR) is 72.4 cm³/mol. The van der Waals surface area contributed by atoms with Crippen molar-refractivity contribution in [2.45, 2.75) is 19.8 Å². The number of aromatic nitrogens is 2. The van der Waals surface area contributed by atoms with Crippen molar-refractivity contribution >= 4 is 12.0 Å². The molecule has 0 aliphatic rings. The Morgan fingerprint density at radius 1 is 1.28 bits per heavy atom. The van der Waals surface area contributed by atoms with Crippen LogP contribution < -0.4 is 0 Å². The lowest BCUT2D eigenvalue weighted by atomic mass is 10.0. The van der Waals surface area contributed by atoms with E-state index in [-0.39, 0.29) is 5.91 Å². The van der Waals surface area contributed by atoms with E-state index in [0.717, 1.165) is 5.56 Å². The first-order valence-corrected chi connectivity index (χ1v) is 5.99. The second-order valence-electron chi connectivity index (χ2n) is 4.44. The lowest BCUT2D eigenvalue weighted by Gasteiger charge is -2.04. The van der Waals surface area contributed by atoms with Crippen LogP contribution in [0.2, 0.25) is 0 Å². The molecule has 0 radical (unpaired) electrons. The molecule has 2 rings (SSSR count). The van der Waals surface area contributed by atoms with E-state index in [0.29, 0.717) is 5.92 Å². The van der Waals surface area contributed by atoms with E-state index in [1.807, 2.05) is 12.1 Å². The molecule has 0 bridgehead atoms. The normalized spacial score (nSPS) is 11.3. The van der Waals surface area contributed by atoms with Crippen molar-refractivity contribution in [3.05, 3.63) is 59.9 Å². The molecule has 0 saturated heterocycles. The van der Waals surface area contributed by atoms with Crippen LogP contribution in [0.4, 0.5) is 0 Å². The number of carbonyl (C=O) groups is 1. The van der Waals surface area contributed by atoms with Gasteiger partial charge in [-0.25, -0.2) is 4.68 Å². The van der Waals surface area contributed by atoms with Gasteiger partial charge >= 0.3 is 0 Å². The first-order chi connectivity index (χ1) is 8.66. The summed E-state index contributed by atoms with van der Waals surface area (Å²) in [4.78, 5) is 11.7. The van der Waals surface area contributed by atoms with Gasteiger partial charge in [0.05, 0.1) is 0 Å². The third-order valence-corrected chi connectivity index (χ3v) is 2.75. The highest BCUT2D eigenvalue weighted by molar-refractivity contribution is 5.92. The second kappa shape index (κ2) is 5.45. The van der Waals surface area contributed by atoms with Crippen LogP contribution in [0.5, 0.6) is 0 Å². The summed E-state index contributed by atoms with van der Waals surface area (Å²) < 4.78 is 1.30. The van der Waals surface area contributed by atoms with E-state index >= 15 is 0 Å². The lowest BCUT2D eigenvalue weighted by Crippen LogP contribution is -2.06. The maximum absolute atomic E-state index is 11.7. The van der Waals surface area contributed by atoms with Crippen LogP contribution in [0.15, 0.2) is 48.8 Å². The fraction of sp³-hybridized carbons (Fsp3) is 0.200. The molecule has 1 aromatic carbocycles. The van der Waals surface area contributed by atoms with Crippen LogP contribution in [0.25, 0.3) is 6.08 Å².